The molecule has 1 heterocycles. The van der Waals surface area contributed by atoms with Gasteiger partial charge in [-0.3, -0.25) is 10.1 Å². The van der Waals surface area contributed by atoms with E-state index >= 15 is 0 Å². The van der Waals surface area contributed by atoms with E-state index in [0.29, 0.717) is 11.0 Å². The van der Waals surface area contributed by atoms with Gasteiger partial charge in [0.15, 0.2) is 5.13 Å². The zero-order chi connectivity index (χ0) is 14.5. The normalized spacial score (nSPS) is 15.7. The second-order valence-corrected chi connectivity index (χ2v) is 5.50. The summed E-state index contributed by atoms with van der Waals surface area (Å²) in [4.78, 5) is 26.5. The largest absolute Gasteiger partial charge is 0.481 e. The zero-order valence-corrected chi connectivity index (χ0v) is 11.9. The van der Waals surface area contributed by atoms with Crippen LogP contribution in [0.5, 0.6) is 0 Å². The third-order valence-electron chi connectivity index (χ3n) is 2.96. The van der Waals surface area contributed by atoms with Crippen LogP contribution in [0.25, 0.3) is 0 Å². The van der Waals surface area contributed by atoms with Crippen LogP contribution >= 0.6 is 11.3 Å². The summed E-state index contributed by atoms with van der Waals surface area (Å²) in [5, 5.41) is 16.4. The highest BCUT2D eigenvalue weighted by atomic mass is 32.1. The molecule has 0 saturated heterocycles. The maximum atomic E-state index is 11.7. The van der Waals surface area contributed by atoms with Crippen LogP contribution in [0.2, 0.25) is 0 Å². The maximum absolute atomic E-state index is 11.7. The number of anilines is 1. The molecule has 7 nitrogen and oxygen atoms in total. The van der Waals surface area contributed by atoms with Gasteiger partial charge in [0.1, 0.15) is 0 Å². The third kappa shape index (κ3) is 4.46. The molecule has 110 valence electrons. The van der Waals surface area contributed by atoms with Crippen LogP contribution in [0.4, 0.5) is 9.93 Å². The molecule has 0 aliphatic heterocycles. The first-order valence-electron chi connectivity index (χ1n) is 6.33. The van der Waals surface area contributed by atoms with Gasteiger partial charge in [0, 0.05) is 25.0 Å². The molecule has 1 aliphatic carbocycles. The SMILES string of the molecule is COC(CNC(=O)Nc1nc(C2CC2)cs1)CC(=O)O. The number of nitrogens with zero attached hydrogens (tertiary/aromatic N) is 1. The van der Waals surface area contributed by atoms with Gasteiger partial charge in [-0.15, -0.1) is 11.3 Å². The number of rotatable bonds is 7. The Morgan fingerprint density at radius 3 is 2.95 bits per heavy atom. The number of nitrogens with one attached hydrogen (secondary N) is 2. The van der Waals surface area contributed by atoms with Gasteiger partial charge in [-0.2, -0.15) is 0 Å². The first-order valence-corrected chi connectivity index (χ1v) is 7.21. The highest BCUT2D eigenvalue weighted by Gasteiger charge is 2.26. The summed E-state index contributed by atoms with van der Waals surface area (Å²) in [5.74, 6) is -0.411. The molecule has 0 bridgehead atoms. The second kappa shape index (κ2) is 6.67. The van der Waals surface area contributed by atoms with Gasteiger partial charge in [-0.25, -0.2) is 9.78 Å². The van der Waals surface area contributed by atoms with Crippen molar-refractivity contribution in [2.75, 3.05) is 19.0 Å². The molecule has 3 N–H and O–H groups in total. The van der Waals surface area contributed by atoms with Crippen molar-refractivity contribution in [1.29, 1.82) is 0 Å². The van der Waals surface area contributed by atoms with Crippen molar-refractivity contribution in [3.63, 3.8) is 0 Å². The standard InChI is InChI=1S/C12H17N3O4S/c1-19-8(4-10(16)17)5-13-11(18)15-12-14-9(6-20-12)7-2-3-7/h6-8H,2-5H2,1H3,(H,16,17)(H2,13,14,15,18). The Kier molecular flexibility index (Phi) is 4.91. The zero-order valence-electron chi connectivity index (χ0n) is 11.1. The number of carboxylic acids is 1. The lowest BCUT2D eigenvalue weighted by atomic mass is 10.2. The average Bonchev–Trinajstić information content (AvgIpc) is 3.15. The molecular weight excluding hydrogens is 282 g/mol. The van der Waals surface area contributed by atoms with Crippen LogP contribution in [-0.2, 0) is 9.53 Å². The molecule has 0 radical (unpaired) electrons. The quantitative estimate of drug-likeness (QED) is 0.710. The summed E-state index contributed by atoms with van der Waals surface area (Å²) in [5.41, 5.74) is 1.03. The molecule has 0 spiro atoms. The van der Waals surface area contributed by atoms with Crippen molar-refractivity contribution in [2.24, 2.45) is 0 Å². The van der Waals surface area contributed by atoms with Crippen LogP contribution in [0, 0.1) is 0 Å². The summed E-state index contributed by atoms with van der Waals surface area (Å²) in [6.45, 7) is 0.134. The molecule has 1 aromatic rings. The molecule has 2 amide bonds. The van der Waals surface area contributed by atoms with E-state index in [4.69, 9.17) is 9.84 Å². The summed E-state index contributed by atoms with van der Waals surface area (Å²) in [7, 11) is 1.41. The number of ether oxygens (including phenoxy) is 1. The summed E-state index contributed by atoms with van der Waals surface area (Å²) < 4.78 is 4.97. The number of carboxylic acid groups (broad SMARTS) is 1. The van der Waals surface area contributed by atoms with E-state index in [9.17, 15) is 9.59 Å². The minimum absolute atomic E-state index is 0.134. The van der Waals surface area contributed by atoms with E-state index in [1.165, 1.54) is 31.3 Å². The van der Waals surface area contributed by atoms with Crippen LogP contribution in [-0.4, -0.2) is 41.8 Å². The predicted octanol–water partition coefficient (Wildman–Crippen LogP) is 1.63. The number of urea groups is 1. The minimum Gasteiger partial charge on any atom is -0.481 e. The Hall–Kier alpha value is -1.67. The second-order valence-electron chi connectivity index (χ2n) is 4.64. The summed E-state index contributed by atoms with van der Waals surface area (Å²) in [6.07, 6.45) is 1.64. The summed E-state index contributed by atoms with van der Waals surface area (Å²) in [6, 6.07) is -0.408. The molecule has 1 unspecified atom stereocenters. The van der Waals surface area contributed by atoms with Gasteiger partial charge >= 0.3 is 12.0 Å². The lowest BCUT2D eigenvalue weighted by molar-refractivity contribution is -0.139. The molecule has 1 saturated carbocycles. The van der Waals surface area contributed by atoms with E-state index in [1.54, 1.807) is 0 Å². The van der Waals surface area contributed by atoms with Crippen molar-refractivity contribution in [3.05, 3.63) is 11.1 Å². The number of carbonyl (C=O) groups excluding carboxylic acids is 1. The number of hydrogen-bond acceptors (Lipinski definition) is 5. The van der Waals surface area contributed by atoms with Gasteiger partial charge in [0.05, 0.1) is 18.2 Å². The Bertz CT molecular complexity index is 487. The van der Waals surface area contributed by atoms with Crippen molar-refractivity contribution < 1.29 is 19.4 Å². The lowest BCUT2D eigenvalue weighted by Crippen LogP contribution is -2.37. The summed E-state index contributed by atoms with van der Waals surface area (Å²) >= 11 is 1.39. The van der Waals surface area contributed by atoms with Crippen molar-refractivity contribution in [2.45, 2.75) is 31.3 Å². The molecule has 1 aromatic heterocycles. The number of aliphatic carboxylic acids is 1. The Morgan fingerprint density at radius 2 is 2.35 bits per heavy atom. The first kappa shape index (κ1) is 14.7. The van der Waals surface area contributed by atoms with Crippen LogP contribution in [0.15, 0.2) is 5.38 Å². The van der Waals surface area contributed by atoms with E-state index in [1.807, 2.05) is 5.38 Å². The molecule has 2 rings (SSSR count). The lowest BCUT2D eigenvalue weighted by Gasteiger charge is -2.13. The monoisotopic (exact) mass is 299 g/mol. The molecular formula is C12H17N3O4S. The topological polar surface area (TPSA) is 101 Å². The van der Waals surface area contributed by atoms with E-state index < -0.39 is 18.1 Å². The Morgan fingerprint density at radius 1 is 1.60 bits per heavy atom. The molecule has 20 heavy (non-hydrogen) atoms. The number of thiazole rings is 1. The fourth-order valence-corrected chi connectivity index (χ4v) is 2.48. The minimum atomic E-state index is -0.965. The van der Waals surface area contributed by atoms with Crippen molar-refractivity contribution in [1.82, 2.24) is 10.3 Å². The van der Waals surface area contributed by atoms with Gasteiger partial charge < -0.3 is 15.2 Å². The molecule has 1 fully saturated rings. The molecule has 0 aromatic carbocycles. The smallest absolute Gasteiger partial charge is 0.321 e. The molecule has 8 heteroatoms. The molecule has 1 aliphatic rings. The number of amides is 2. The molecule has 1 atom stereocenters. The van der Waals surface area contributed by atoms with Crippen LogP contribution in [0.3, 0.4) is 0 Å². The van der Waals surface area contributed by atoms with Crippen LogP contribution < -0.4 is 10.6 Å². The van der Waals surface area contributed by atoms with Gasteiger partial charge in [-0.05, 0) is 12.8 Å². The van der Waals surface area contributed by atoms with E-state index in [-0.39, 0.29) is 13.0 Å². The highest BCUT2D eigenvalue weighted by Crippen LogP contribution is 2.40. The van der Waals surface area contributed by atoms with Crippen LogP contribution in [0.1, 0.15) is 30.9 Å². The highest BCUT2D eigenvalue weighted by molar-refractivity contribution is 7.13. The van der Waals surface area contributed by atoms with Crippen molar-refractivity contribution in [3.8, 4) is 0 Å². The maximum Gasteiger partial charge on any atom is 0.321 e. The number of hydrogen-bond donors (Lipinski definition) is 3. The average molecular weight is 299 g/mol. The van der Waals surface area contributed by atoms with Crippen molar-refractivity contribution >= 4 is 28.5 Å². The Labute approximate surface area is 120 Å². The third-order valence-corrected chi connectivity index (χ3v) is 3.74. The first-order chi connectivity index (χ1) is 9.58. The van der Waals surface area contributed by atoms with E-state index in [0.717, 1.165) is 5.69 Å². The van der Waals surface area contributed by atoms with Gasteiger partial charge in [0.25, 0.3) is 0 Å². The number of carbonyl (C=O) groups is 2. The van der Waals surface area contributed by atoms with Gasteiger partial charge in [-0.1, -0.05) is 0 Å². The fraction of sp³-hybridized carbons (Fsp3) is 0.583. The fourth-order valence-electron chi connectivity index (χ4n) is 1.69. The van der Waals surface area contributed by atoms with E-state index in [2.05, 4.69) is 15.6 Å². The number of methoxy groups -OCH3 is 1. The van der Waals surface area contributed by atoms with Gasteiger partial charge in [0.2, 0.25) is 0 Å². The Balaban J connectivity index is 1.74. The number of aromatic nitrogens is 1. The predicted molar refractivity (Wildman–Crippen MR) is 74.2 cm³/mol.